The van der Waals surface area contributed by atoms with Crippen LogP contribution in [-0.2, 0) is 5.41 Å². The molecule has 0 fully saturated rings. The lowest BCUT2D eigenvalue weighted by Gasteiger charge is -2.22. The molecule has 0 amide bonds. The summed E-state index contributed by atoms with van der Waals surface area (Å²) in [5.74, 6) is 1.05. The van der Waals surface area contributed by atoms with Gasteiger partial charge >= 0.3 is 0 Å². The number of hydrogen-bond donors (Lipinski definition) is 1. The van der Waals surface area contributed by atoms with Crippen LogP contribution in [0.1, 0.15) is 39.7 Å². The number of nitrogens with zero attached hydrogens (tertiary/aromatic N) is 1. The molecule has 0 aromatic carbocycles. The lowest BCUT2D eigenvalue weighted by molar-refractivity contribution is 0.590. The number of pyridine rings is 1. The zero-order valence-electron chi connectivity index (χ0n) is 11.0. The number of nitrogens with one attached hydrogen (secondary N) is 1. The van der Waals surface area contributed by atoms with Gasteiger partial charge in [-0.05, 0) is 29.3 Å². The third-order valence-corrected chi connectivity index (χ3v) is 3.64. The second kappa shape index (κ2) is 4.65. The second-order valence-electron chi connectivity index (χ2n) is 5.37. The largest absolute Gasteiger partial charge is 0.370 e. The van der Waals surface area contributed by atoms with E-state index in [0.717, 1.165) is 24.3 Å². The molecule has 2 aromatic rings. The maximum absolute atomic E-state index is 4.74. The lowest BCUT2D eigenvalue weighted by atomic mass is 9.87. The summed E-state index contributed by atoms with van der Waals surface area (Å²) in [7, 11) is 0. The van der Waals surface area contributed by atoms with Crippen molar-refractivity contribution >= 4 is 27.4 Å². The van der Waals surface area contributed by atoms with Crippen molar-refractivity contribution in [3.05, 3.63) is 23.1 Å². The summed E-state index contributed by atoms with van der Waals surface area (Å²) in [5.41, 5.74) is 2.53. The van der Waals surface area contributed by atoms with E-state index in [0.29, 0.717) is 0 Å². The molecule has 2 nitrogen and oxygen atoms in total. The quantitative estimate of drug-likeness (QED) is 0.870. The van der Waals surface area contributed by atoms with E-state index in [1.165, 1.54) is 10.3 Å². The minimum absolute atomic E-state index is 0.126. The minimum Gasteiger partial charge on any atom is -0.370 e. The minimum atomic E-state index is 0.126. The molecule has 0 atom stereocenters. The zero-order valence-corrected chi connectivity index (χ0v) is 11.8. The van der Waals surface area contributed by atoms with Crippen molar-refractivity contribution in [1.29, 1.82) is 0 Å². The predicted octanol–water partition coefficient (Wildman–Crippen LogP) is 4.42. The van der Waals surface area contributed by atoms with Gasteiger partial charge in [-0.1, -0.05) is 27.7 Å². The summed E-state index contributed by atoms with van der Waals surface area (Å²) in [5, 5.41) is 5.55. The van der Waals surface area contributed by atoms with Gasteiger partial charge in [0.15, 0.2) is 0 Å². The maximum atomic E-state index is 4.74. The Hall–Kier alpha value is -1.09. The summed E-state index contributed by atoms with van der Waals surface area (Å²) in [6, 6.07) is 4.37. The molecule has 0 saturated heterocycles. The number of fused-ring (bicyclic) bond motifs is 1. The highest BCUT2D eigenvalue weighted by molar-refractivity contribution is 7.17. The van der Waals surface area contributed by atoms with Crippen LogP contribution < -0.4 is 5.32 Å². The Morgan fingerprint density at radius 2 is 2.12 bits per heavy atom. The Kier molecular flexibility index (Phi) is 3.38. The third kappa shape index (κ3) is 2.60. The van der Waals surface area contributed by atoms with Gasteiger partial charge in [-0.15, -0.1) is 11.3 Å². The monoisotopic (exact) mass is 248 g/mol. The standard InChI is InChI=1S/C14H20N2S/c1-5-7-15-13-10(14(2,3)4)9-12-11(16-13)6-8-17-12/h6,8-9H,5,7H2,1-4H3,(H,15,16). The molecule has 17 heavy (non-hydrogen) atoms. The number of aromatic nitrogens is 1. The molecular weight excluding hydrogens is 228 g/mol. The van der Waals surface area contributed by atoms with Crippen LogP contribution >= 0.6 is 11.3 Å². The van der Waals surface area contributed by atoms with Crippen LogP contribution in [0.5, 0.6) is 0 Å². The van der Waals surface area contributed by atoms with Gasteiger partial charge in [-0.2, -0.15) is 0 Å². The molecule has 0 unspecified atom stereocenters. The van der Waals surface area contributed by atoms with Crippen molar-refractivity contribution in [3.63, 3.8) is 0 Å². The van der Waals surface area contributed by atoms with Gasteiger partial charge in [0.1, 0.15) is 5.82 Å². The Morgan fingerprint density at radius 3 is 2.76 bits per heavy atom. The maximum Gasteiger partial charge on any atom is 0.130 e. The SMILES string of the molecule is CCCNc1nc2ccsc2cc1C(C)(C)C. The van der Waals surface area contributed by atoms with Gasteiger partial charge < -0.3 is 5.32 Å². The van der Waals surface area contributed by atoms with Crippen LogP contribution in [0.25, 0.3) is 10.2 Å². The average molecular weight is 248 g/mol. The van der Waals surface area contributed by atoms with Crippen LogP contribution in [0.3, 0.4) is 0 Å². The molecular formula is C14H20N2S. The molecule has 0 aliphatic carbocycles. The van der Waals surface area contributed by atoms with Crippen LogP contribution in [-0.4, -0.2) is 11.5 Å². The van der Waals surface area contributed by atoms with Crippen LogP contribution in [0.4, 0.5) is 5.82 Å². The zero-order chi connectivity index (χ0) is 12.5. The summed E-state index contributed by atoms with van der Waals surface area (Å²) in [6.45, 7) is 9.86. The second-order valence-corrected chi connectivity index (χ2v) is 6.31. The first-order valence-electron chi connectivity index (χ1n) is 6.15. The Balaban J connectivity index is 2.51. The van der Waals surface area contributed by atoms with Crippen molar-refractivity contribution in [1.82, 2.24) is 4.98 Å². The number of anilines is 1. The van der Waals surface area contributed by atoms with Gasteiger partial charge in [0, 0.05) is 12.1 Å². The Bertz CT molecular complexity index is 508. The van der Waals surface area contributed by atoms with Gasteiger partial charge in [-0.25, -0.2) is 4.98 Å². The van der Waals surface area contributed by atoms with Gasteiger partial charge in [0.25, 0.3) is 0 Å². The summed E-state index contributed by atoms with van der Waals surface area (Å²) in [4.78, 5) is 4.74. The first-order chi connectivity index (χ1) is 8.02. The van der Waals surface area contributed by atoms with E-state index in [9.17, 15) is 0 Å². The average Bonchev–Trinajstić information content (AvgIpc) is 2.70. The van der Waals surface area contributed by atoms with Crippen molar-refractivity contribution in [3.8, 4) is 0 Å². The highest BCUT2D eigenvalue weighted by Gasteiger charge is 2.20. The molecule has 0 aliphatic rings. The van der Waals surface area contributed by atoms with Crippen LogP contribution in [0.2, 0.25) is 0 Å². The van der Waals surface area contributed by atoms with E-state index in [1.54, 1.807) is 11.3 Å². The van der Waals surface area contributed by atoms with E-state index < -0.39 is 0 Å². The van der Waals surface area contributed by atoms with Crippen molar-refractivity contribution in [2.45, 2.75) is 39.5 Å². The predicted molar refractivity (Wildman–Crippen MR) is 77.1 cm³/mol. The molecule has 2 heterocycles. The smallest absolute Gasteiger partial charge is 0.130 e. The molecule has 0 aliphatic heterocycles. The first-order valence-corrected chi connectivity index (χ1v) is 7.03. The number of thiophene rings is 1. The van der Waals surface area contributed by atoms with E-state index in [4.69, 9.17) is 4.98 Å². The highest BCUT2D eigenvalue weighted by atomic mass is 32.1. The summed E-state index contributed by atoms with van der Waals surface area (Å²) >= 11 is 1.76. The van der Waals surface area contributed by atoms with Gasteiger partial charge in [0.2, 0.25) is 0 Å². The lowest BCUT2D eigenvalue weighted by Crippen LogP contribution is -2.16. The number of hydrogen-bond acceptors (Lipinski definition) is 3. The van der Waals surface area contributed by atoms with Gasteiger partial charge in [0.05, 0.1) is 10.2 Å². The highest BCUT2D eigenvalue weighted by Crippen LogP contribution is 2.32. The van der Waals surface area contributed by atoms with Gasteiger partial charge in [-0.3, -0.25) is 0 Å². The van der Waals surface area contributed by atoms with Crippen molar-refractivity contribution in [2.75, 3.05) is 11.9 Å². The van der Waals surface area contributed by atoms with E-state index in [-0.39, 0.29) is 5.41 Å². The third-order valence-electron chi connectivity index (χ3n) is 2.79. The Labute approximate surface area is 107 Å². The van der Waals surface area contributed by atoms with E-state index in [1.807, 2.05) is 0 Å². The molecule has 0 saturated carbocycles. The molecule has 0 spiro atoms. The molecule has 2 rings (SSSR count). The molecule has 1 N–H and O–H groups in total. The van der Waals surface area contributed by atoms with Crippen molar-refractivity contribution in [2.24, 2.45) is 0 Å². The fourth-order valence-electron chi connectivity index (χ4n) is 1.84. The number of rotatable bonds is 3. The molecule has 3 heteroatoms. The topological polar surface area (TPSA) is 24.9 Å². The van der Waals surface area contributed by atoms with Crippen molar-refractivity contribution < 1.29 is 0 Å². The molecule has 92 valence electrons. The molecule has 0 bridgehead atoms. The fourth-order valence-corrected chi connectivity index (χ4v) is 2.61. The van der Waals surface area contributed by atoms with Crippen LogP contribution in [0, 0.1) is 0 Å². The van der Waals surface area contributed by atoms with E-state index in [2.05, 4.69) is 50.5 Å². The summed E-state index contributed by atoms with van der Waals surface area (Å²) < 4.78 is 1.27. The molecule has 2 aromatic heterocycles. The summed E-state index contributed by atoms with van der Waals surface area (Å²) in [6.07, 6.45) is 1.12. The normalized spacial score (nSPS) is 12.0. The first kappa shape index (κ1) is 12.4. The fraction of sp³-hybridized carbons (Fsp3) is 0.500. The Morgan fingerprint density at radius 1 is 1.35 bits per heavy atom. The molecule has 0 radical (unpaired) electrons. The van der Waals surface area contributed by atoms with E-state index >= 15 is 0 Å². The van der Waals surface area contributed by atoms with Crippen LogP contribution in [0.15, 0.2) is 17.5 Å².